The van der Waals surface area contributed by atoms with Gasteiger partial charge in [-0.15, -0.1) is 0 Å². The van der Waals surface area contributed by atoms with Crippen LogP contribution in [-0.2, 0) is 4.79 Å². The molecule has 6 heteroatoms. The molecule has 124 valence electrons. The molecule has 0 aliphatic carbocycles. The topological polar surface area (TPSA) is 71.5 Å². The minimum Gasteiger partial charge on any atom is -0.497 e. The van der Waals surface area contributed by atoms with Crippen molar-refractivity contribution in [2.45, 2.75) is 18.5 Å². The molecular formula is C18H19N3O3. The van der Waals surface area contributed by atoms with Gasteiger partial charge in [0.05, 0.1) is 19.2 Å². The zero-order chi connectivity index (χ0) is 17.1. The first-order valence-corrected chi connectivity index (χ1v) is 7.70. The Bertz CT molecular complexity index is 748. The van der Waals surface area contributed by atoms with Crippen molar-refractivity contribution in [1.29, 1.82) is 0 Å². The Morgan fingerprint density at radius 1 is 1.33 bits per heavy atom. The van der Waals surface area contributed by atoms with Crippen LogP contribution >= 0.6 is 0 Å². The first-order chi connectivity index (χ1) is 11.6. The lowest BCUT2D eigenvalue weighted by Crippen LogP contribution is -2.39. The number of hydrogen-bond acceptors (Lipinski definition) is 4. The van der Waals surface area contributed by atoms with Crippen molar-refractivity contribution >= 4 is 11.8 Å². The molecule has 0 saturated carbocycles. The van der Waals surface area contributed by atoms with Crippen LogP contribution in [0.3, 0.4) is 0 Å². The number of aromatic nitrogens is 1. The van der Waals surface area contributed by atoms with E-state index in [1.165, 1.54) is 0 Å². The van der Waals surface area contributed by atoms with Gasteiger partial charge >= 0.3 is 0 Å². The van der Waals surface area contributed by atoms with E-state index in [-0.39, 0.29) is 30.3 Å². The third-order valence-corrected chi connectivity index (χ3v) is 4.26. The zero-order valence-corrected chi connectivity index (χ0v) is 13.6. The van der Waals surface area contributed by atoms with E-state index in [2.05, 4.69) is 10.3 Å². The van der Waals surface area contributed by atoms with Crippen molar-refractivity contribution in [1.82, 2.24) is 15.2 Å². The van der Waals surface area contributed by atoms with Crippen LogP contribution in [0.1, 0.15) is 28.4 Å². The zero-order valence-electron chi connectivity index (χ0n) is 13.6. The van der Waals surface area contributed by atoms with Gasteiger partial charge in [0.2, 0.25) is 5.91 Å². The van der Waals surface area contributed by atoms with E-state index in [0.29, 0.717) is 11.3 Å². The minimum absolute atomic E-state index is 0.000190. The number of carbonyl (C=O) groups is 2. The highest BCUT2D eigenvalue weighted by atomic mass is 16.5. The van der Waals surface area contributed by atoms with Crippen molar-refractivity contribution in [3.05, 3.63) is 59.9 Å². The SMILES string of the molecule is COc1cccc(C(=O)N[C@@H]2CC(=O)N(C)[C@H]2c2cccnc2)c1. The van der Waals surface area contributed by atoms with Crippen LogP contribution in [0, 0.1) is 0 Å². The summed E-state index contributed by atoms with van der Waals surface area (Å²) in [6.07, 6.45) is 3.68. The summed E-state index contributed by atoms with van der Waals surface area (Å²) in [4.78, 5) is 30.4. The van der Waals surface area contributed by atoms with Gasteiger partial charge < -0.3 is 15.0 Å². The average Bonchev–Trinajstić information content (AvgIpc) is 2.89. The second-order valence-electron chi connectivity index (χ2n) is 5.75. The summed E-state index contributed by atoms with van der Waals surface area (Å²) in [6, 6.07) is 10.2. The predicted octanol–water partition coefficient (Wildman–Crippen LogP) is 1.79. The molecule has 1 saturated heterocycles. The standard InChI is InChI=1S/C18H19N3O3/c1-21-16(22)10-15(17(21)13-6-4-8-19-11-13)20-18(23)12-5-3-7-14(9-12)24-2/h3-9,11,15,17H,10H2,1-2H3,(H,20,23)/t15-,17+/m1/s1. The maximum Gasteiger partial charge on any atom is 0.251 e. The molecule has 24 heavy (non-hydrogen) atoms. The summed E-state index contributed by atoms with van der Waals surface area (Å²) in [6.45, 7) is 0. The van der Waals surface area contributed by atoms with Crippen LogP contribution in [0.4, 0.5) is 0 Å². The van der Waals surface area contributed by atoms with Crippen molar-refractivity contribution in [3.63, 3.8) is 0 Å². The highest BCUT2D eigenvalue weighted by Gasteiger charge is 2.39. The summed E-state index contributed by atoms with van der Waals surface area (Å²) >= 11 is 0. The first-order valence-electron chi connectivity index (χ1n) is 7.70. The molecule has 2 heterocycles. The predicted molar refractivity (Wildman–Crippen MR) is 88.6 cm³/mol. The van der Waals surface area contributed by atoms with Crippen LogP contribution in [0.2, 0.25) is 0 Å². The van der Waals surface area contributed by atoms with Crippen LogP contribution < -0.4 is 10.1 Å². The molecule has 3 rings (SSSR count). The summed E-state index contributed by atoms with van der Waals surface area (Å²) in [5.41, 5.74) is 1.41. The Labute approximate surface area is 140 Å². The maximum atomic E-state index is 12.5. The molecule has 1 N–H and O–H groups in total. The lowest BCUT2D eigenvalue weighted by molar-refractivity contribution is -0.127. The van der Waals surface area contributed by atoms with Crippen molar-refractivity contribution in [3.8, 4) is 5.75 Å². The van der Waals surface area contributed by atoms with Crippen LogP contribution in [-0.4, -0.2) is 41.9 Å². The van der Waals surface area contributed by atoms with Gasteiger partial charge in [-0.25, -0.2) is 0 Å². The largest absolute Gasteiger partial charge is 0.497 e. The molecule has 1 fully saturated rings. The molecular weight excluding hydrogens is 306 g/mol. The van der Waals surface area contributed by atoms with Gasteiger partial charge in [0.1, 0.15) is 5.75 Å². The van der Waals surface area contributed by atoms with Gasteiger partial charge in [-0.05, 0) is 29.8 Å². The van der Waals surface area contributed by atoms with E-state index in [4.69, 9.17) is 4.74 Å². The molecule has 1 aliphatic rings. The molecule has 0 spiro atoms. The van der Waals surface area contributed by atoms with Gasteiger partial charge in [0.15, 0.2) is 0 Å². The number of nitrogens with zero attached hydrogens (tertiary/aromatic N) is 2. The van der Waals surface area contributed by atoms with Gasteiger partial charge in [-0.3, -0.25) is 14.6 Å². The molecule has 6 nitrogen and oxygen atoms in total. The van der Waals surface area contributed by atoms with Gasteiger partial charge in [0.25, 0.3) is 5.91 Å². The van der Waals surface area contributed by atoms with Gasteiger partial charge in [0, 0.05) is 31.4 Å². The van der Waals surface area contributed by atoms with Gasteiger partial charge in [-0.1, -0.05) is 12.1 Å². The Morgan fingerprint density at radius 2 is 2.17 bits per heavy atom. The Morgan fingerprint density at radius 3 is 2.88 bits per heavy atom. The average molecular weight is 325 g/mol. The number of carbonyl (C=O) groups excluding carboxylic acids is 2. The lowest BCUT2D eigenvalue weighted by Gasteiger charge is -2.25. The Balaban J connectivity index is 1.82. The van der Waals surface area contributed by atoms with Crippen molar-refractivity contribution in [2.75, 3.05) is 14.2 Å². The fraction of sp³-hybridized carbons (Fsp3) is 0.278. The Hall–Kier alpha value is -2.89. The van der Waals surface area contributed by atoms with Crippen LogP contribution in [0.15, 0.2) is 48.8 Å². The van der Waals surface area contributed by atoms with Crippen molar-refractivity contribution < 1.29 is 14.3 Å². The molecule has 2 atom stereocenters. The third kappa shape index (κ3) is 3.08. The summed E-state index contributed by atoms with van der Waals surface area (Å²) in [7, 11) is 3.30. The number of amides is 2. The molecule has 2 aromatic rings. The molecule has 2 amide bonds. The number of likely N-dealkylation sites (N-methyl/N-ethyl adjacent to an activating group) is 1. The third-order valence-electron chi connectivity index (χ3n) is 4.26. The smallest absolute Gasteiger partial charge is 0.251 e. The molecule has 0 radical (unpaired) electrons. The highest BCUT2D eigenvalue weighted by molar-refractivity contribution is 5.95. The van der Waals surface area contributed by atoms with E-state index in [1.54, 1.807) is 55.7 Å². The molecule has 1 aromatic carbocycles. The number of nitrogens with one attached hydrogen (secondary N) is 1. The lowest BCUT2D eigenvalue weighted by atomic mass is 10.0. The first kappa shape index (κ1) is 16.0. The quantitative estimate of drug-likeness (QED) is 0.930. The summed E-state index contributed by atoms with van der Waals surface area (Å²) in [5.74, 6) is 0.391. The number of benzene rings is 1. The van der Waals surface area contributed by atoms with Crippen LogP contribution in [0.25, 0.3) is 0 Å². The number of methoxy groups -OCH3 is 1. The highest BCUT2D eigenvalue weighted by Crippen LogP contribution is 2.31. The summed E-state index contributed by atoms with van der Waals surface area (Å²) < 4.78 is 5.15. The molecule has 0 unspecified atom stereocenters. The normalized spacial score (nSPS) is 20.1. The molecule has 1 aromatic heterocycles. The number of likely N-dealkylation sites (tertiary alicyclic amines) is 1. The molecule has 0 bridgehead atoms. The van der Waals surface area contributed by atoms with E-state index >= 15 is 0 Å². The Kier molecular flexibility index (Phi) is 4.46. The monoisotopic (exact) mass is 325 g/mol. The minimum atomic E-state index is -0.301. The molecule has 1 aliphatic heterocycles. The van der Waals surface area contributed by atoms with Crippen molar-refractivity contribution in [2.24, 2.45) is 0 Å². The van der Waals surface area contributed by atoms with E-state index in [0.717, 1.165) is 5.56 Å². The second-order valence-corrected chi connectivity index (χ2v) is 5.75. The number of ether oxygens (including phenoxy) is 1. The number of rotatable bonds is 4. The van der Waals surface area contributed by atoms with E-state index in [1.807, 2.05) is 12.1 Å². The van der Waals surface area contributed by atoms with Crippen LogP contribution in [0.5, 0.6) is 5.75 Å². The number of pyridine rings is 1. The fourth-order valence-corrected chi connectivity index (χ4v) is 3.02. The van der Waals surface area contributed by atoms with E-state index in [9.17, 15) is 9.59 Å². The fourth-order valence-electron chi connectivity index (χ4n) is 3.02. The summed E-state index contributed by atoms with van der Waals surface area (Å²) in [5, 5.41) is 2.97. The number of hydrogen-bond donors (Lipinski definition) is 1. The maximum absolute atomic E-state index is 12.5. The van der Waals surface area contributed by atoms with Gasteiger partial charge in [-0.2, -0.15) is 0 Å². The van der Waals surface area contributed by atoms with E-state index < -0.39 is 0 Å². The second kappa shape index (κ2) is 6.70.